The van der Waals surface area contributed by atoms with Gasteiger partial charge < -0.3 is 14.8 Å². The average molecular weight is 665 g/mol. The molecule has 3 aromatic heterocycles. The Morgan fingerprint density at radius 1 is 0.959 bits per heavy atom. The van der Waals surface area contributed by atoms with Crippen LogP contribution in [-0.4, -0.2) is 80.9 Å². The van der Waals surface area contributed by atoms with Crippen molar-refractivity contribution in [2.45, 2.75) is 74.9 Å². The number of anilines is 3. The fourth-order valence-electron chi connectivity index (χ4n) is 8.13. The van der Waals surface area contributed by atoms with Crippen molar-refractivity contribution in [2.24, 2.45) is 0 Å². The third-order valence-corrected chi connectivity index (χ3v) is 10.9. The molecule has 1 saturated carbocycles. The van der Waals surface area contributed by atoms with Crippen molar-refractivity contribution in [3.63, 3.8) is 0 Å². The maximum Gasteiger partial charge on any atom is 0.234 e. The fourth-order valence-corrected chi connectivity index (χ4v) is 8.13. The third-order valence-electron chi connectivity index (χ3n) is 10.9. The van der Waals surface area contributed by atoms with E-state index in [0.29, 0.717) is 68.7 Å². The van der Waals surface area contributed by atoms with Crippen LogP contribution in [0.25, 0.3) is 11.0 Å². The molecule has 49 heavy (non-hydrogen) atoms. The standard InChI is InChI=1S/C37H41FN8O3/c38-37(23-44-20-27(21-44)24-5-7-25(8-6-24)31-10-12-33(48)42-35(31)49)13-15-45(16-14-37)29-9-11-32(39-19-29)41-36-40-18-26-17-30(22-47)46(34(26)43-36)28-3-1-2-4-28/h5-9,11,17-19,22,27-28,31H,1-4,10,12-16,20-21,23H2,(H,42,48,49)(H,39,40,41,43). The van der Waals surface area contributed by atoms with Gasteiger partial charge in [-0.3, -0.25) is 24.6 Å². The van der Waals surface area contributed by atoms with Gasteiger partial charge in [0.15, 0.2) is 6.29 Å². The first-order chi connectivity index (χ1) is 23.8. The first-order valence-corrected chi connectivity index (χ1v) is 17.5. The first kappa shape index (κ1) is 31.6. The van der Waals surface area contributed by atoms with Gasteiger partial charge in [0, 0.05) is 75.5 Å². The summed E-state index contributed by atoms with van der Waals surface area (Å²) < 4.78 is 18.0. The van der Waals surface area contributed by atoms with Crippen molar-refractivity contribution >= 4 is 46.6 Å². The summed E-state index contributed by atoms with van der Waals surface area (Å²) in [7, 11) is 0. The van der Waals surface area contributed by atoms with Gasteiger partial charge in [-0.1, -0.05) is 37.1 Å². The molecule has 4 aromatic rings. The molecule has 0 spiro atoms. The quantitative estimate of drug-likeness (QED) is 0.178. The van der Waals surface area contributed by atoms with E-state index in [9.17, 15) is 14.4 Å². The molecule has 11 nitrogen and oxygen atoms in total. The second-order valence-electron chi connectivity index (χ2n) is 14.2. The van der Waals surface area contributed by atoms with Crippen LogP contribution in [0.1, 0.15) is 90.9 Å². The van der Waals surface area contributed by atoms with Crippen LogP contribution in [0.3, 0.4) is 0 Å². The van der Waals surface area contributed by atoms with Crippen LogP contribution in [0.5, 0.6) is 0 Å². The molecule has 1 aromatic carbocycles. The minimum absolute atomic E-state index is 0.203. The molecule has 1 aliphatic carbocycles. The summed E-state index contributed by atoms with van der Waals surface area (Å²) in [4.78, 5) is 53.7. The summed E-state index contributed by atoms with van der Waals surface area (Å²) in [6.45, 7) is 3.34. The van der Waals surface area contributed by atoms with E-state index >= 15 is 4.39 Å². The molecule has 12 heteroatoms. The molecule has 2 amide bonds. The first-order valence-electron chi connectivity index (χ1n) is 17.5. The third kappa shape index (κ3) is 6.41. The molecule has 1 unspecified atom stereocenters. The summed E-state index contributed by atoms with van der Waals surface area (Å²) in [5.74, 6) is 0.710. The SMILES string of the molecule is O=Cc1cc2cnc(Nc3ccc(N4CCC(F)(CN5CC(c6ccc(C7CCC(=O)NC7=O)cc6)C5)CC4)cn3)nc2n1C1CCCC1. The maximum absolute atomic E-state index is 16.0. The van der Waals surface area contributed by atoms with E-state index in [0.717, 1.165) is 67.3 Å². The van der Waals surface area contributed by atoms with Crippen LogP contribution in [0, 0.1) is 0 Å². The minimum Gasteiger partial charge on any atom is -0.370 e. The molecule has 6 heterocycles. The number of alkyl halides is 1. The number of piperidine rings is 2. The van der Waals surface area contributed by atoms with Gasteiger partial charge in [-0.15, -0.1) is 0 Å². The number of nitrogens with one attached hydrogen (secondary N) is 2. The molecule has 3 aliphatic heterocycles. The van der Waals surface area contributed by atoms with E-state index in [2.05, 4.69) is 47.1 Å². The molecule has 4 fully saturated rings. The number of aromatic nitrogens is 4. The second-order valence-corrected chi connectivity index (χ2v) is 14.2. The highest BCUT2D eigenvalue weighted by Crippen LogP contribution is 2.37. The Balaban J connectivity index is 0.826. The number of fused-ring (bicyclic) bond motifs is 1. The van der Waals surface area contributed by atoms with Gasteiger partial charge in [-0.25, -0.2) is 14.4 Å². The Labute approximate surface area is 284 Å². The molecule has 3 saturated heterocycles. The van der Waals surface area contributed by atoms with Gasteiger partial charge in [0.25, 0.3) is 0 Å². The van der Waals surface area contributed by atoms with Gasteiger partial charge >= 0.3 is 0 Å². The molecule has 1 atom stereocenters. The number of hydrogen-bond acceptors (Lipinski definition) is 9. The van der Waals surface area contributed by atoms with E-state index in [-0.39, 0.29) is 23.8 Å². The van der Waals surface area contributed by atoms with Crippen LogP contribution in [0.2, 0.25) is 0 Å². The Morgan fingerprint density at radius 3 is 2.41 bits per heavy atom. The van der Waals surface area contributed by atoms with E-state index < -0.39 is 5.67 Å². The topological polar surface area (TPSA) is 125 Å². The number of benzene rings is 1. The smallest absolute Gasteiger partial charge is 0.234 e. The van der Waals surface area contributed by atoms with Gasteiger partial charge in [0.1, 0.15) is 17.1 Å². The van der Waals surface area contributed by atoms with E-state index in [1.165, 1.54) is 5.56 Å². The number of rotatable bonds is 9. The van der Waals surface area contributed by atoms with E-state index in [1.54, 1.807) is 6.20 Å². The fraction of sp³-hybridized carbons (Fsp3) is 0.459. The van der Waals surface area contributed by atoms with Crippen molar-refractivity contribution in [3.05, 3.63) is 71.7 Å². The number of likely N-dealkylation sites (tertiary alicyclic amines) is 1. The number of imide groups is 1. The lowest BCUT2D eigenvalue weighted by molar-refractivity contribution is -0.134. The predicted molar refractivity (Wildman–Crippen MR) is 184 cm³/mol. The Bertz CT molecular complexity index is 1860. The van der Waals surface area contributed by atoms with Crippen molar-refractivity contribution in [1.29, 1.82) is 0 Å². The highest BCUT2D eigenvalue weighted by atomic mass is 19.1. The minimum atomic E-state index is -1.22. The molecular formula is C37H41FN8O3. The summed E-state index contributed by atoms with van der Waals surface area (Å²) in [6, 6.07) is 14.2. The molecule has 8 rings (SSSR count). The Morgan fingerprint density at radius 2 is 1.71 bits per heavy atom. The number of carbonyl (C=O) groups is 3. The lowest BCUT2D eigenvalue weighted by atomic mass is 9.85. The van der Waals surface area contributed by atoms with Gasteiger partial charge in [0.2, 0.25) is 17.8 Å². The molecule has 0 bridgehead atoms. The van der Waals surface area contributed by atoms with Gasteiger partial charge in [-0.2, -0.15) is 4.98 Å². The number of halogens is 1. The van der Waals surface area contributed by atoms with Gasteiger partial charge in [0.05, 0.1) is 23.5 Å². The summed E-state index contributed by atoms with van der Waals surface area (Å²) in [5.41, 5.74) is 3.28. The Hall–Kier alpha value is -4.71. The van der Waals surface area contributed by atoms with Crippen LogP contribution in [0.15, 0.2) is 54.9 Å². The monoisotopic (exact) mass is 664 g/mol. The van der Waals surface area contributed by atoms with Gasteiger partial charge in [-0.05, 0) is 48.6 Å². The summed E-state index contributed by atoms with van der Waals surface area (Å²) >= 11 is 0. The van der Waals surface area contributed by atoms with E-state index in [1.807, 2.05) is 36.5 Å². The van der Waals surface area contributed by atoms with Crippen molar-refractivity contribution in [2.75, 3.05) is 42.9 Å². The van der Waals surface area contributed by atoms with Crippen LogP contribution in [-0.2, 0) is 9.59 Å². The number of amides is 2. The van der Waals surface area contributed by atoms with Crippen LogP contribution >= 0.6 is 0 Å². The van der Waals surface area contributed by atoms with Crippen LogP contribution < -0.4 is 15.5 Å². The van der Waals surface area contributed by atoms with Crippen molar-refractivity contribution in [1.82, 2.24) is 29.7 Å². The number of hydrogen-bond donors (Lipinski definition) is 2. The zero-order valence-corrected chi connectivity index (χ0v) is 27.5. The lowest BCUT2D eigenvalue weighted by Gasteiger charge is -2.45. The predicted octanol–water partition coefficient (Wildman–Crippen LogP) is 5.43. The molecule has 254 valence electrons. The molecule has 2 N–H and O–H groups in total. The number of aldehydes is 1. The second kappa shape index (κ2) is 13.0. The molecule has 0 radical (unpaired) electrons. The number of carbonyl (C=O) groups excluding carboxylic acids is 3. The zero-order valence-electron chi connectivity index (χ0n) is 27.5. The zero-order chi connectivity index (χ0) is 33.5. The van der Waals surface area contributed by atoms with Crippen LogP contribution in [0.4, 0.5) is 21.8 Å². The summed E-state index contributed by atoms with van der Waals surface area (Å²) in [6.07, 6.45) is 10.7. The largest absolute Gasteiger partial charge is 0.370 e. The highest BCUT2D eigenvalue weighted by molar-refractivity contribution is 6.00. The maximum atomic E-state index is 16.0. The summed E-state index contributed by atoms with van der Waals surface area (Å²) in [5, 5.41) is 6.49. The normalized spacial score (nSPS) is 21.9. The molecule has 4 aliphatic rings. The molecular weight excluding hydrogens is 623 g/mol. The number of pyridine rings is 1. The van der Waals surface area contributed by atoms with Crippen molar-refractivity contribution in [3.8, 4) is 0 Å². The van der Waals surface area contributed by atoms with Crippen molar-refractivity contribution < 1.29 is 18.8 Å². The highest BCUT2D eigenvalue weighted by Gasteiger charge is 2.40. The lowest BCUT2D eigenvalue weighted by Crippen LogP contribution is -2.54. The number of nitrogens with zero attached hydrogens (tertiary/aromatic N) is 6. The van der Waals surface area contributed by atoms with E-state index in [4.69, 9.17) is 4.98 Å². The average Bonchev–Trinajstić information content (AvgIpc) is 3.75. The Kier molecular flexibility index (Phi) is 8.35.